The summed E-state index contributed by atoms with van der Waals surface area (Å²) in [7, 11) is 0. The van der Waals surface area contributed by atoms with Crippen LogP contribution in [0.1, 0.15) is 56.5 Å². The van der Waals surface area contributed by atoms with Crippen molar-refractivity contribution in [3.8, 4) is 11.5 Å². The summed E-state index contributed by atoms with van der Waals surface area (Å²) >= 11 is 0. The maximum Gasteiger partial charge on any atom is 0.347 e. The lowest BCUT2D eigenvalue weighted by atomic mass is 9.95. The summed E-state index contributed by atoms with van der Waals surface area (Å²) < 4.78 is 23.3. The van der Waals surface area contributed by atoms with E-state index in [0.717, 1.165) is 48.3 Å². The van der Waals surface area contributed by atoms with Crippen LogP contribution in [0, 0.1) is 13.8 Å². The summed E-state index contributed by atoms with van der Waals surface area (Å²) in [5.74, 6) is 0.899. The van der Waals surface area contributed by atoms with Gasteiger partial charge in [-0.15, -0.1) is 0 Å². The molecule has 0 saturated heterocycles. The highest BCUT2D eigenvalue weighted by molar-refractivity contribution is 5.72. The number of aromatic nitrogens is 1. The van der Waals surface area contributed by atoms with Crippen LogP contribution >= 0.6 is 0 Å². The minimum absolute atomic E-state index is 0.0140. The van der Waals surface area contributed by atoms with Crippen LogP contribution in [-0.2, 0) is 25.6 Å². The van der Waals surface area contributed by atoms with Gasteiger partial charge in [-0.3, -0.25) is 0 Å². The number of aliphatic carboxylic acids is 1. The molecule has 1 N–H and O–H groups in total. The van der Waals surface area contributed by atoms with Crippen molar-refractivity contribution in [2.24, 2.45) is 0 Å². The van der Waals surface area contributed by atoms with E-state index in [1.165, 1.54) is 0 Å². The minimum atomic E-state index is -1.03. The number of aryl methyl sites for hydroxylation is 2. The first-order chi connectivity index (χ1) is 15.4. The van der Waals surface area contributed by atoms with Gasteiger partial charge in [0.05, 0.1) is 31.2 Å². The van der Waals surface area contributed by atoms with Gasteiger partial charge in [-0.25, -0.2) is 9.78 Å². The number of hydrogen-bond acceptors (Lipinski definition) is 6. The van der Waals surface area contributed by atoms with Crippen LogP contribution in [0.25, 0.3) is 11.5 Å². The number of carboxylic acid groups (broad SMARTS) is 1. The van der Waals surface area contributed by atoms with Gasteiger partial charge in [-0.05, 0) is 71.6 Å². The fraction of sp³-hybridized carbons (Fsp3) is 0.520. The van der Waals surface area contributed by atoms with Gasteiger partial charge in [-0.1, -0.05) is 17.7 Å². The van der Waals surface area contributed by atoms with Crippen molar-refractivity contribution in [1.82, 2.24) is 4.98 Å². The highest BCUT2D eigenvalue weighted by Gasteiger charge is 2.27. The molecule has 1 aliphatic carbocycles. The Hall–Kier alpha value is -2.64. The molecule has 0 spiro atoms. The van der Waals surface area contributed by atoms with E-state index in [-0.39, 0.29) is 18.8 Å². The van der Waals surface area contributed by atoms with Gasteiger partial charge in [0.1, 0.15) is 11.5 Å². The molecule has 7 heteroatoms. The van der Waals surface area contributed by atoms with E-state index in [9.17, 15) is 9.90 Å². The van der Waals surface area contributed by atoms with Gasteiger partial charge in [0.25, 0.3) is 0 Å². The van der Waals surface area contributed by atoms with Gasteiger partial charge in [0, 0.05) is 5.56 Å². The standard InChI is InChI=1S/C25H33NO6/c1-5-17(3)31-23(25(27)28)15-30-21-11-7-10-20(13-21)29-14-22-18(4)32-24(26-22)19-9-6-8-16(2)12-19/h5-6,8-9,12,20-21,23H,7,10-11,13-15H2,1-4H3,(H,27,28)/t20-,21+,23?/m0/s1. The van der Waals surface area contributed by atoms with Crippen molar-refractivity contribution < 1.29 is 28.5 Å². The first-order valence-corrected chi connectivity index (χ1v) is 11.1. The molecule has 32 heavy (non-hydrogen) atoms. The number of carboxylic acids is 1. The molecular formula is C25H33NO6. The summed E-state index contributed by atoms with van der Waals surface area (Å²) in [6.07, 6.45) is 4.22. The van der Waals surface area contributed by atoms with Crippen molar-refractivity contribution in [3.63, 3.8) is 0 Å². The maximum absolute atomic E-state index is 11.4. The molecule has 1 aromatic heterocycles. The van der Waals surface area contributed by atoms with Crippen LogP contribution in [0.2, 0.25) is 0 Å². The second kappa shape index (κ2) is 11.3. The van der Waals surface area contributed by atoms with Crippen LogP contribution in [-0.4, -0.2) is 41.0 Å². The smallest absolute Gasteiger partial charge is 0.347 e. The van der Waals surface area contributed by atoms with Crippen molar-refractivity contribution in [3.05, 3.63) is 53.1 Å². The zero-order valence-corrected chi connectivity index (χ0v) is 19.3. The molecule has 0 aliphatic heterocycles. The van der Waals surface area contributed by atoms with Gasteiger partial charge in [0.2, 0.25) is 12.0 Å². The van der Waals surface area contributed by atoms with E-state index >= 15 is 0 Å². The number of ether oxygens (including phenoxy) is 3. The van der Waals surface area contributed by atoms with Crippen molar-refractivity contribution >= 4 is 5.97 Å². The Morgan fingerprint density at radius 1 is 1.28 bits per heavy atom. The van der Waals surface area contributed by atoms with E-state index in [1.807, 2.05) is 38.1 Å². The van der Waals surface area contributed by atoms with Crippen LogP contribution in [0.4, 0.5) is 0 Å². The first kappa shape index (κ1) is 24.0. The molecule has 7 nitrogen and oxygen atoms in total. The number of nitrogens with zero attached hydrogens (tertiary/aromatic N) is 1. The average molecular weight is 444 g/mol. The highest BCUT2D eigenvalue weighted by Crippen LogP contribution is 2.27. The number of hydrogen-bond donors (Lipinski definition) is 1. The van der Waals surface area contributed by atoms with Gasteiger partial charge in [0.15, 0.2) is 0 Å². The summed E-state index contributed by atoms with van der Waals surface area (Å²) in [6.45, 7) is 7.86. The van der Waals surface area contributed by atoms with E-state index in [2.05, 4.69) is 4.98 Å². The second-order valence-corrected chi connectivity index (χ2v) is 8.29. The lowest BCUT2D eigenvalue weighted by Crippen LogP contribution is -2.34. The Labute approximate surface area is 189 Å². The van der Waals surface area contributed by atoms with E-state index in [0.29, 0.717) is 18.3 Å². The van der Waals surface area contributed by atoms with Crippen LogP contribution < -0.4 is 0 Å². The number of carbonyl (C=O) groups is 1. The van der Waals surface area contributed by atoms with Crippen LogP contribution in [0.5, 0.6) is 0 Å². The Morgan fingerprint density at radius 3 is 2.72 bits per heavy atom. The molecule has 2 aromatic rings. The molecular weight excluding hydrogens is 410 g/mol. The van der Waals surface area contributed by atoms with Crippen LogP contribution in [0.15, 0.2) is 40.5 Å². The zero-order valence-electron chi connectivity index (χ0n) is 19.3. The third-order valence-corrected chi connectivity index (χ3v) is 5.68. The Balaban J connectivity index is 1.51. The monoisotopic (exact) mass is 443 g/mol. The molecule has 1 heterocycles. The Bertz CT molecular complexity index is 934. The third kappa shape index (κ3) is 6.68. The van der Waals surface area contributed by atoms with Crippen molar-refractivity contribution in [2.45, 2.75) is 78.3 Å². The number of allylic oxidation sites excluding steroid dienone is 2. The summed E-state index contributed by atoms with van der Waals surface area (Å²) in [6, 6.07) is 8.06. The lowest BCUT2D eigenvalue weighted by Gasteiger charge is -2.30. The summed E-state index contributed by atoms with van der Waals surface area (Å²) in [5.41, 5.74) is 2.90. The SMILES string of the molecule is CC=C(C)OC(CO[C@@H]1CCC[C@H](OCc2nc(-c3cccc(C)c3)oc2C)C1)C(=O)O. The first-order valence-electron chi connectivity index (χ1n) is 11.1. The fourth-order valence-corrected chi connectivity index (χ4v) is 3.74. The lowest BCUT2D eigenvalue weighted by molar-refractivity contribution is -0.154. The Kier molecular flexibility index (Phi) is 8.47. The van der Waals surface area contributed by atoms with Crippen LogP contribution in [0.3, 0.4) is 0 Å². The predicted octanol–water partition coefficient (Wildman–Crippen LogP) is 5.20. The van der Waals surface area contributed by atoms with E-state index < -0.39 is 12.1 Å². The molecule has 1 aliphatic rings. The van der Waals surface area contributed by atoms with E-state index in [4.69, 9.17) is 18.6 Å². The number of oxazole rings is 1. The Morgan fingerprint density at radius 2 is 2.03 bits per heavy atom. The summed E-state index contributed by atoms with van der Waals surface area (Å²) in [5, 5.41) is 9.36. The molecule has 1 saturated carbocycles. The normalized spacial score (nSPS) is 20.2. The molecule has 1 fully saturated rings. The minimum Gasteiger partial charge on any atom is -0.481 e. The largest absolute Gasteiger partial charge is 0.481 e. The molecule has 3 rings (SSSR count). The molecule has 1 unspecified atom stereocenters. The molecule has 0 bridgehead atoms. The second-order valence-electron chi connectivity index (χ2n) is 8.29. The predicted molar refractivity (Wildman–Crippen MR) is 120 cm³/mol. The quantitative estimate of drug-likeness (QED) is 0.505. The number of benzene rings is 1. The van der Waals surface area contributed by atoms with Gasteiger partial charge >= 0.3 is 5.97 Å². The number of rotatable bonds is 10. The van der Waals surface area contributed by atoms with Gasteiger partial charge < -0.3 is 23.7 Å². The molecule has 0 amide bonds. The molecule has 0 radical (unpaired) electrons. The van der Waals surface area contributed by atoms with Crippen molar-refractivity contribution in [2.75, 3.05) is 6.61 Å². The topological polar surface area (TPSA) is 91.0 Å². The molecule has 1 aromatic carbocycles. The third-order valence-electron chi connectivity index (χ3n) is 5.68. The van der Waals surface area contributed by atoms with E-state index in [1.54, 1.807) is 19.9 Å². The average Bonchev–Trinajstić information content (AvgIpc) is 3.15. The van der Waals surface area contributed by atoms with Crippen molar-refractivity contribution in [1.29, 1.82) is 0 Å². The highest BCUT2D eigenvalue weighted by atomic mass is 16.6. The summed E-state index contributed by atoms with van der Waals surface area (Å²) in [4.78, 5) is 16.1. The molecule has 174 valence electrons. The maximum atomic E-state index is 11.4. The van der Waals surface area contributed by atoms with Gasteiger partial charge in [-0.2, -0.15) is 0 Å². The molecule has 3 atom stereocenters. The zero-order chi connectivity index (χ0) is 23.1. The fourth-order valence-electron chi connectivity index (χ4n) is 3.74.